The summed E-state index contributed by atoms with van der Waals surface area (Å²) < 4.78 is 5.84. The summed E-state index contributed by atoms with van der Waals surface area (Å²) in [5, 5.41) is 12.2. The second-order valence-corrected chi connectivity index (χ2v) is 6.17. The third kappa shape index (κ3) is 2.55. The highest BCUT2D eigenvalue weighted by Gasteiger charge is 2.25. The topological polar surface area (TPSA) is 92.4 Å². The number of hydrogen-bond donors (Lipinski definition) is 2. The Morgan fingerprint density at radius 1 is 1.21 bits per heavy atom. The first-order valence-electron chi connectivity index (χ1n) is 7.02. The molecule has 1 aliphatic rings. The number of aromatic nitrogens is 1. The predicted octanol–water partition coefficient (Wildman–Crippen LogP) is 3.52. The Morgan fingerprint density at radius 2 is 2.08 bits per heavy atom. The molecule has 7 heteroatoms. The van der Waals surface area contributed by atoms with E-state index in [-0.39, 0.29) is 10.7 Å². The van der Waals surface area contributed by atoms with Crippen LogP contribution in [0.2, 0.25) is 0 Å². The lowest BCUT2D eigenvalue weighted by Gasteiger charge is -2.02. The lowest BCUT2D eigenvalue weighted by Crippen LogP contribution is -2.17. The number of benzene rings is 1. The molecule has 0 radical (unpaired) electrons. The first-order valence-corrected chi connectivity index (χ1v) is 7.83. The number of thioether (sulfide) groups is 1. The van der Waals surface area contributed by atoms with Gasteiger partial charge in [0, 0.05) is 29.4 Å². The van der Waals surface area contributed by atoms with Crippen molar-refractivity contribution in [2.45, 2.75) is 0 Å². The van der Waals surface area contributed by atoms with Crippen molar-refractivity contribution < 1.29 is 19.1 Å². The molecule has 0 saturated carbocycles. The van der Waals surface area contributed by atoms with Crippen LogP contribution < -0.4 is 5.32 Å². The van der Waals surface area contributed by atoms with Crippen LogP contribution in [0.25, 0.3) is 28.2 Å². The highest BCUT2D eigenvalue weighted by Crippen LogP contribution is 2.33. The van der Waals surface area contributed by atoms with Crippen molar-refractivity contribution in [1.82, 2.24) is 10.3 Å². The maximum atomic E-state index is 11.6. The van der Waals surface area contributed by atoms with Gasteiger partial charge >= 0.3 is 0 Å². The zero-order valence-corrected chi connectivity index (χ0v) is 13.0. The number of phenolic OH excluding ortho intramolecular Hbond substituents is 1. The van der Waals surface area contributed by atoms with Crippen LogP contribution in [-0.4, -0.2) is 21.2 Å². The molecule has 6 nitrogen and oxygen atoms in total. The van der Waals surface area contributed by atoms with Crippen LogP contribution in [-0.2, 0) is 4.79 Å². The molecule has 0 unspecified atom stereocenters. The molecule has 0 aliphatic carbocycles. The molecule has 2 amide bonds. The Hall–Kier alpha value is -3.06. The summed E-state index contributed by atoms with van der Waals surface area (Å²) >= 11 is 0.834. The van der Waals surface area contributed by atoms with Gasteiger partial charge in [0.2, 0.25) is 0 Å². The summed E-state index contributed by atoms with van der Waals surface area (Å²) in [5.41, 5.74) is 2.09. The monoisotopic (exact) mass is 338 g/mol. The van der Waals surface area contributed by atoms with Crippen LogP contribution in [0, 0.1) is 0 Å². The minimum absolute atomic E-state index is 0.149. The molecule has 1 saturated heterocycles. The Labute approximate surface area is 140 Å². The largest absolute Gasteiger partial charge is 0.508 e. The number of nitrogens with zero attached hydrogens (tertiary/aromatic N) is 1. The number of furan rings is 1. The summed E-state index contributed by atoms with van der Waals surface area (Å²) in [5.74, 6) is 0.166. The van der Waals surface area contributed by atoms with E-state index in [2.05, 4.69) is 10.3 Å². The Bertz CT molecular complexity index is 1020. The van der Waals surface area contributed by atoms with Crippen molar-refractivity contribution in [1.29, 1.82) is 0 Å². The van der Waals surface area contributed by atoms with Gasteiger partial charge in [-0.15, -0.1) is 0 Å². The van der Waals surface area contributed by atoms with E-state index in [9.17, 15) is 14.7 Å². The van der Waals surface area contributed by atoms with Crippen LogP contribution in [0.1, 0.15) is 5.76 Å². The van der Waals surface area contributed by atoms with E-state index in [1.165, 1.54) is 6.08 Å². The molecule has 4 rings (SSSR count). The number of fused-ring (bicyclic) bond motifs is 1. The molecule has 0 spiro atoms. The van der Waals surface area contributed by atoms with Gasteiger partial charge in [0.25, 0.3) is 11.1 Å². The number of carbonyl (C=O) groups is 2. The molecular formula is C17H10N2O4S. The van der Waals surface area contributed by atoms with E-state index in [1.54, 1.807) is 36.7 Å². The van der Waals surface area contributed by atoms with Gasteiger partial charge in [-0.05, 0) is 35.5 Å². The molecular weight excluding hydrogens is 328 g/mol. The number of carbonyl (C=O) groups excluding carboxylic acids is 2. The summed E-state index contributed by atoms with van der Waals surface area (Å²) in [4.78, 5) is 27.3. The molecule has 2 N–H and O–H groups in total. The number of phenols is 1. The van der Waals surface area contributed by atoms with Gasteiger partial charge in [-0.25, -0.2) is 0 Å². The predicted molar refractivity (Wildman–Crippen MR) is 90.2 cm³/mol. The fraction of sp³-hybridized carbons (Fsp3) is 0. The number of imide groups is 1. The summed E-state index contributed by atoms with van der Waals surface area (Å²) in [7, 11) is 0. The van der Waals surface area contributed by atoms with Crippen molar-refractivity contribution in [3.63, 3.8) is 0 Å². The highest BCUT2D eigenvalue weighted by molar-refractivity contribution is 8.18. The quantitative estimate of drug-likeness (QED) is 0.695. The zero-order valence-electron chi connectivity index (χ0n) is 12.1. The molecule has 1 aliphatic heterocycles. The van der Waals surface area contributed by atoms with E-state index in [4.69, 9.17) is 4.42 Å². The number of hydrogen-bond acceptors (Lipinski definition) is 6. The molecule has 1 aromatic carbocycles. The summed E-state index contributed by atoms with van der Waals surface area (Å²) in [6.07, 6.45) is 4.83. The average Bonchev–Trinajstić information content (AvgIpc) is 3.09. The SMILES string of the molecule is O=C1NC(=O)/C(=C/c2cc3cncc(-c4cccc(O)c4)c3o2)S1. The Balaban J connectivity index is 1.82. The molecule has 3 heterocycles. The van der Waals surface area contributed by atoms with Crippen LogP contribution in [0.4, 0.5) is 4.79 Å². The third-order valence-electron chi connectivity index (χ3n) is 3.51. The molecule has 24 heavy (non-hydrogen) atoms. The summed E-state index contributed by atoms with van der Waals surface area (Å²) in [6.45, 7) is 0. The Morgan fingerprint density at radius 3 is 2.83 bits per heavy atom. The third-order valence-corrected chi connectivity index (χ3v) is 4.32. The number of nitrogens with one attached hydrogen (secondary N) is 1. The van der Waals surface area contributed by atoms with Gasteiger partial charge in [-0.2, -0.15) is 0 Å². The van der Waals surface area contributed by atoms with E-state index >= 15 is 0 Å². The average molecular weight is 338 g/mol. The standard InChI is InChI=1S/C17H10N2O4S/c20-11-3-1-2-9(4-11)13-8-18-7-10-5-12(23-15(10)13)6-14-16(21)19-17(22)24-14/h1-8,20H,(H,19,21,22)/b14-6-. The molecule has 1 fully saturated rings. The molecule has 118 valence electrons. The van der Waals surface area contributed by atoms with Crippen molar-refractivity contribution in [3.05, 3.63) is 53.4 Å². The number of pyridine rings is 1. The lowest BCUT2D eigenvalue weighted by atomic mass is 10.1. The zero-order chi connectivity index (χ0) is 16.7. The van der Waals surface area contributed by atoms with Gasteiger partial charge < -0.3 is 9.52 Å². The highest BCUT2D eigenvalue weighted by atomic mass is 32.2. The molecule has 0 atom stereocenters. The second-order valence-electron chi connectivity index (χ2n) is 5.16. The van der Waals surface area contributed by atoms with Crippen LogP contribution in [0.3, 0.4) is 0 Å². The van der Waals surface area contributed by atoms with Gasteiger partial charge in [0.15, 0.2) is 0 Å². The van der Waals surface area contributed by atoms with E-state index in [1.807, 2.05) is 6.07 Å². The number of rotatable bonds is 2. The van der Waals surface area contributed by atoms with Gasteiger partial charge in [0.1, 0.15) is 17.1 Å². The minimum atomic E-state index is -0.434. The van der Waals surface area contributed by atoms with E-state index < -0.39 is 11.1 Å². The second kappa shape index (κ2) is 5.54. The van der Waals surface area contributed by atoms with E-state index in [0.29, 0.717) is 11.3 Å². The van der Waals surface area contributed by atoms with Gasteiger partial charge in [-0.3, -0.25) is 19.9 Å². The fourth-order valence-electron chi connectivity index (χ4n) is 2.48. The number of aromatic hydroxyl groups is 1. The smallest absolute Gasteiger partial charge is 0.290 e. The lowest BCUT2D eigenvalue weighted by molar-refractivity contribution is -0.115. The van der Waals surface area contributed by atoms with Crippen molar-refractivity contribution in [2.75, 3.05) is 0 Å². The Kier molecular flexibility index (Phi) is 3.35. The van der Waals surface area contributed by atoms with Crippen LogP contribution >= 0.6 is 11.8 Å². The molecule has 0 bridgehead atoms. The van der Waals surface area contributed by atoms with Crippen molar-refractivity contribution >= 4 is 40.0 Å². The van der Waals surface area contributed by atoms with Crippen molar-refractivity contribution in [2.24, 2.45) is 0 Å². The fourth-order valence-corrected chi connectivity index (χ4v) is 3.14. The normalized spacial score (nSPS) is 16.1. The maximum absolute atomic E-state index is 11.6. The first kappa shape index (κ1) is 14.5. The number of amides is 2. The first-order chi connectivity index (χ1) is 11.6. The minimum Gasteiger partial charge on any atom is -0.508 e. The van der Waals surface area contributed by atoms with Gasteiger partial charge in [-0.1, -0.05) is 12.1 Å². The van der Waals surface area contributed by atoms with Gasteiger partial charge in [0.05, 0.1) is 4.91 Å². The van der Waals surface area contributed by atoms with E-state index in [0.717, 1.165) is 28.3 Å². The molecule has 2 aromatic heterocycles. The summed E-state index contributed by atoms with van der Waals surface area (Å²) in [6, 6.07) is 8.53. The maximum Gasteiger partial charge on any atom is 0.290 e. The van der Waals surface area contributed by atoms with Crippen molar-refractivity contribution in [3.8, 4) is 16.9 Å². The molecule has 3 aromatic rings. The van der Waals surface area contributed by atoms with Crippen LogP contribution in [0.5, 0.6) is 5.75 Å². The van der Waals surface area contributed by atoms with Crippen LogP contribution in [0.15, 0.2) is 52.0 Å².